The van der Waals surface area contributed by atoms with Gasteiger partial charge in [0.1, 0.15) is 10.7 Å². The van der Waals surface area contributed by atoms with Gasteiger partial charge in [0.25, 0.3) is 0 Å². The smallest absolute Gasteiger partial charge is 0.244 e. The number of unbranched alkanes of at least 4 members (excludes halogenated alkanes) is 2. The van der Waals surface area contributed by atoms with E-state index >= 15 is 0 Å². The zero-order chi connectivity index (χ0) is 14.5. The first kappa shape index (κ1) is 15.9. The lowest BCUT2D eigenvalue weighted by atomic mass is 10.2. The first-order chi connectivity index (χ1) is 8.89. The molecule has 0 saturated carbocycles. The lowest BCUT2D eigenvalue weighted by molar-refractivity contribution is 0.281. The molecule has 108 valence electrons. The van der Waals surface area contributed by atoms with Crippen LogP contribution in [0, 0.1) is 5.82 Å². The zero-order valence-corrected chi connectivity index (χ0v) is 11.7. The van der Waals surface area contributed by atoms with Crippen molar-refractivity contribution in [3.63, 3.8) is 0 Å². The number of benzene rings is 1. The molecule has 5 nitrogen and oxygen atoms in total. The second-order valence-electron chi connectivity index (χ2n) is 4.29. The Morgan fingerprint density at radius 1 is 1.32 bits per heavy atom. The van der Waals surface area contributed by atoms with Gasteiger partial charge < -0.3 is 10.8 Å². The van der Waals surface area contributed by atoms with E-state index < -0.39 is 15.8 Å². The number of nitrogens with two attached hydrogens (primary N) is 1. The topological polar surface area (TPSA) is 83.6 Å². The van der Waals surface area contributed by atoms with Gasteiger partial charge in [-0.05, 0) is 37.5 Å². The van der Waals surface area contributed by atoms with Crippen molar-refractivity contribution in [2.75, 3.05) is 25.9 Å². The Labute approximate surface area is 112 Å². The first-order valence-electron chi connectivity index (χ1n) is 6.02. The average molecular weight is 290 g/mol. The number of aliphatic hydroxyl groups excluding tert-OH is 1. The predicted octanol–water partition coefficient (Wildman–Crippen LogP) is 1.19. The highest BCUT2D eigenvalue weighted by Gasteiger charge is 2.22. The second-order valence-corrected chi connectivity index (χ2v) is 6.31. The molecule has 0 aliphatic carbocycles. The molecule has 0 aliphatic heterocycles. The summed E-state index contributed by atoms with van der Waals surface area (Å²) in [6.07, 6.45) is 2.04. The summed E-state index contributed by atoms with van der Waals surface area (Å²) < 4.78 is 38.5. The van der Waals surface area contributed by atoms with E-state index in [1.165, 1.54) is 17.4 Å². The van der Waals surface area contributed by atoms with Crippen LogP contribution in [-0.2, 0) is 10.0 Å². The molecular formula is C12H19FN2O3S. The molecular weight excluding hydrogens is 271 g/mol. The molecule has 0 aromatic heterocycles. The molecule has 1 aromatic carbocycles. The summed E-state index contributed by atoms with van der Waals surface area (Å²) in [6.45, 7) is 0.431. The van der Waals surface area contributed by atoms with E-state index in [2.05, 4.69) is 0 Å². The predicted molar refractivity (Wildman–Crippen MR) is 71.6 cm³/mol. The van der Waals surface area contributed by atoms with Gasteiger partial charge in [-0.3, -0.25) is 0 Å². The normalized spacial score (nSPS) is 12.0. The minimum atomic E-state index is -3.69. The highest BCUT2D eigenvalue weighted by atomic mass is 32.2. The van der Waals surface area contributed by atoms with Crippen LogP contribution in [-0.4, -0.2) is 38.0 Å². The van der Waals surface area contributed by atoms with Crippen molar-refractivity contribution in [3.8, 4) is 0 Å². The quantitative estimate of drug-likeness (QED) is 0.583. The number of aliphatic hydroxyl groups is 1. The van der Waals surface area contributed by atoms with Gasteiger partial charge in [-0.25, -0.2) is 17.1 Å². The maximum atomic E-state index is 12.9. The summed E-state index contributed by atoms with van der Waals surface area (Å²) in [4.78, 5) is -0.0847. The van der Waals surface area contributed by atoms with Gasteiger partial charge in [0, 0.05) is 20.2 Å². The minimum absolute atomic E-state index is 0.0847. The van der Waals surface area contributed by atoms with Crippen LogP contribution in [0.15, 0.2) is 23.1 Å². The van der Waals surface area contributed by atoms with E-state index in [4.69, 9.17) is 10.8 Å². The molecule has 19 heavy (non-hydrogen) atoms. The number of nitrogens with zero attached hydrogens (tertiary/aromatic N) is 1. The van der Waals surface area contributed by atoms with E-state index in [1.54, 1.807) is 0 Å². The maximum absolute atomic E-state index is 12.9. The highest BCUT2D eigenvalue weighted by molar-refractivity contribution is 7.89. The van der Waals surface area contributed by atoms with Crippen molar-refractivity contribution in [1.29, 1.82) is 0 Å². The van der Waals surface area contributed by atoms with Gasteiger partial charge in [0.15, 0.2) is 0 Å². The Morgan fingerprint density at radius 2 is 2.00 bits per heavy atom. The van der Waals surface area contributed by atoms with Crippen LogP contribution in [0.4, 0.5) is 10.1 Å². The third kappa shape index (κ3) is 4.15. The van der Waals surface area contributed by atoms with Gasteiger partial charge >= 0.3 is 0 Å². The lowest BCUT2D eigenvalue weighted by Crippen LogP contribution is -2.28. The SMILES string of the molecule is CN(CCCCCO)S(=O)(=O)c1ccc(F)cc1N. The fraction of sp³-hybridized carbons (Fsp3) is 0.500. The van der Waals surface area contributed by atoms with E-state index in [1.807, 2.05) is 0 Å². The number of nitrogen functional groups attached to an aromatic ring is 1. The Balaban J connectivity index is 2.79. The Morgan fingerprint density at radius 3 is 2.58 bits per heavy atom. The number of sulfonamides is 1. The van der Waals surface area contributed by atoms with Gasteiger partial charge in [-0.1, -0.05) is 0 Å². The number of anilines is 1. The number of hydrogen-bond acceptors (Lipinski definition) is 4. The maximum Gasteiger partial charge on any atom is 0.244 e. The van der Waals surface area contributed by atoms with Crippen LogP contribution in [0.1, 0.15) is 19.3 Å². The molecule has 1 rings (SSSR count). The van der Waals surface area contributed by atoms with Gasteiger partial charge in [-0.15, -0.1) is 0 Å². The molecule has 0 fully saturated rings. The highest BCUT2D eigenvalue weighted by Crippen LogP contribution is 2.22. The number of rotatable bonds is 7. The van der Waals surface area contributed by atoms with Crippen LogP contribution in [0.25, 0.3) is 0 Å². The summed E-state index contributed by atoms with van der Waals surface area (Å²) in [6, 6.07) is 3.24. The summed E-state index contributed by atoms with van der Waals surface area (Å²) in [5.41, 5.74) is 5.45. The number of halogens is 1. The Hall–Kier alpha value is -1.18. The second kappa shape index (κ2) is 6.83. The Kier molecular flexibility index (Phi) is 5.71. The van der Waals surface area contributed by atoms with Crippen molar-refractivity contribution >= 4 is 15.7 Å². The fourth-order valence-corrected chi connectivity index (χ4v) is 2.97. The lowest BCUT2D eigenvalue weighted by Gasteiger charge is -2.18. The third-order valence-corrected chi connectivity index (χ3v) is 4.72. The van der Waals surface area contributed by atoms with Crippen LogP contribution in [0.5, 0.6) is 0 Å². The summed E-state index contributed by atoms with van der Waals surface area (Å²) in [5, 5.41) is 8.65. The summed E-state index contributed by atoms with van der Waals surface area (Å²) >= 11 is 0. The van der Waals surface area contributed by atoms with E-state index in [9.17, 15) is 12.8 Å². The van der Waals surface area contributed by atoms with E-state index in [0.717, 1.165) is 18.6 Å². The zero-order valence-electron chi connectivity index (χ0n) is 10.8. The largest absolute Gasteiger partial charge is 0.398 e. The molecule has 0 atom stereocenters. The van der Waals surface area contributed by atoms with E-state index in [0.29, 0.717) is 19.4 Å². The third-order valence-electron chi connectivity index (χ3n) is 2.79. The van der Waals surface area contributed by atoms with Crippen molar-refractivity contribution in [3.05, 3.63) is 24.0 Å². The summed E-state index contributed by atoms with van der Waals surface area (Å²) in [5.74, 6) is -0.568. The number of hydrogen-bond donors (Lipinski definition) is 2. The first-order valence-corrected chi connectivity index (χ1v) is 7.46. The van der Waals surface area contributed by atoms with Crippen molar-refractivity contribution in [2.24, 2.45) is 0 Å². The molecule has 0 saturated heterocycles. The van der Waals surface area contributed by atoms with Crippen LogP contribution >= 0.6 is 0 Å². The van der Waals surface area contributed by atoms with Gasteiger partial charge in [-0.2, -0.15) is 0 Å². The molecule has 0 spiro atoms. The van der Waals surface area contributed by atoms with Crippen molar-refractivity contribution in [1.82, 2.24) is 4.31 Å². The van der Waals surface area contributed by atoms with E-state index in [-0.39, 0.29) is 17.2 Å². The molecule has 0 aliphatic rings. The Bertz CT molecular complexity index is 520. The molecule has 7 heteroatoms. The molecule has 3 N–H and O–H groups in total. The monoisotopic (exact) mass is 290 g/mol. The van der Waals surface area contributed by atoms with Crippen molar-refractivity contribution < 1.29 is 17.9 Å². The molecule has 1 aromatic rings. The molecule has 0 heterocycles. The molecule has 0 amide bonds. The minimum Gasteiger partial charge on any atom is -0.398 e. The fourth-order valence-electron chi connectivity index (χ4n) is 1.67. The molecule has 0 unspecified atom stereocenters. The van der Waals surface area contributed by atoms with Gasteiger partial charge in [0.05, 0.1) is 5.69 Å². The van der Waals surface area contributed by atoms with Crippen molar-refractivity contribution in [2.45, 2.75) is 24.2 Å². The summed E-state index contributed by atoms with van der Waals surface area (Å²) in [7, 11) is -2.24. The van der Waals surface area contributed by atoms with Crippen LogP contribution in [0.2, 0.25) is 0 Å². The molecule has 0 radical (unpaired) electrons. The van der Waals surface area contributed by atoms with Crippen LogP contribution in [0.3, 0.4) is 0 Å². The van der Waals surface area contributed by atoms with Gasteiger partial charge in [0.2, 0.25) is 10.0 Å². The standard InChI is InChI=1S/C12H19FN2O3S/c1-15(7-3-2-4-8-16)19(17,18)12-6-5-10(13)9-11(12)14/h5-6,9,16H,2-4,7-8,14H2,1H3. The molecule has 0 bridgehead atoms. The van der Waals surface area contributed by atoms with Crippen LogP contribution < -0.4 is 5.73 Å². The average Bonchev–Trinajstić information content (AvgIpc) is 2.33.